The Balaban J connectivity index is 3.02. The van der Waals surface area contributed by atoms with Gasteiger partial charge >= 0.3 is 5.56 Å². The third-order valence-corrected chi connectivity index (χ3v) is 1.74. The van der Waals surface area contributed by atoms with Crippen LogP contribution in [0, 0.1) is 5.21 Å². The minimum absolute atomic E-state index is 0.345. The fourth-order valence-electron chi connectivity index (χ4n) is 1.14. The van der Waals surface area contributed by atoms with Crippen molar-refractivity contribution in [3.63, 3.8) is 0 Å². The molecule has 0 radical (unpaired) electrons. The molecule has 2 rings (SSSR count). The van der Waals surface area contributed by atoms with Crippen molar-refractivity contribution in [3.05, 3.63) is 52.0 Å². The van der Waals surface area contributed by atoms with Gasteiger partial charge in [-0.05, 0) is 17.0 Å². The molecule has 1 heterocycles. The van der Waals surface area contributed by atoms with Crippen molar-refractivity contribution in [1.29, 1.82) is 0 Å². The molecule has 0 amide bonds. The van der Waals surface area contributed by atoms with Crippen molar-refractivity contribution < 1.29 is 4.85 Å². The van der Waals surface area contributed by atoms with Crippen LogP contribution >= 0.6 is 0 Å². The SMILES string of the molecule is O=c1ccc2ccccc2[n+]([O-])n1. The molecule has 4 nitrogen and oxygen atoms in total. The van der Waals surface area contributed by atoms with Crippen LogP contribution in [0.25, 0.3) is 10.9 Å². The van der Waals surface area contributed by atoms with E-state index >= 15 is 0 Å². The van der Waals surface area contributed by atoms with Gasteiger partial charge in [-0.15, -0.1) is 0 Å². The molecule has 1 aromatic heterocycles. The number of benzene rings is 1. The summed E-state index contributed by atoms with van der Waals surface area (Å²) in [5.74, 6) is 0. The fraction of sp³-hybridized carbons (Fsp3) is 0. The molecule has 0 atom stereocenters. The second kappa shape index (κ2) is 2.82. The van der Waals surface area contributed by atoms with Gasteiger partial charge in [0, 0.05) is 12.1 Å². The summed E-state index contributed by atoms with van der Waals surface area (Å²) >= 11 is 0. The highest BCUT2D eigenvalue weighted by Crippen LogP contribution is 2.04. The molecular weight excluding hydrogens is 168 g/mol. The maximum absolute atomic E-state index is 11.2. The lowest BCUT2D eigenvalue weighted by Crippen LogP contribution is -2.34. The van der Waals surface area contributed by atoms with Gasteiger partial charge in [-0.1, -0.05) is 12.1 Å². The van der Waals surface area contributed by atoms with Gasteiger partial charge < -0.3 is 5.21 Å². The maximum Gasteiger partial charge on any atom is 0.333 e. The lowest BCUT2D eigenvalue weighted by Gasteiger charge is -1.90. The first kappa shape index (κ1) is 7.67. The van der Waals surface area contributed by atoms with E-state index in [1.165, 1.54) is 6.07 Å². The summed E-state index contributed by atoms with van der Waals surface area (Å²) in [4.78, 5) is 11.2. The summed E-state index contributed by atoms with van der Waals surface area (Å²) in [7, 11) is 0. The van der Waals surface area contributed by atoms with Crippen LogP contribution < -0.4 is 10.4 Å². The molecule has 0 aliphatic carbocycles. The summed E-state index contributed by atoms with van der Waals surface area (Å²) in [6.45, 7) is 0. The molecule has 0 saturated carbocycles. The zero-order chi connectivity index (χ0) is 9.26. The van der Waals surface area contributed by atoms with Crippen LogP contribution in [0.5, 0.6) is 0 Å². The molecule has 0 saturated heterocycles. The van der Waals surface area contributed by atoms with Crippen molar-refractivity contribution in [1.82, 2.24) is 5.10 Å². The van der Waals surface area contributed by atoms with Crippen molar-refractivity contribution >= 4 is 10.9 Å². The second-order valence-corrected chi connectivity index (χ2v) is 2.60. The predicted molar refractivity (Wildman–Crippen MR) is 47.0 cm³/mol. The Morgan fingerprint density at radius 1 is 1.15 bits per heavy atom. The second-order valence-electron chi connectivity index (χ2n) is 2.60. The smallest absolute Gasteiger partial charge is 0.333 e. The average Bonchev–Trinajstić information content (AvgIpc) is 2.27. The summed E-state index contributed by atoms with van der Waals surface area (Å²) in [6, 6.07) is 9.76. The highest BCUT2D eigenvalue weighted by molar-refractivity contribution is 5.74. The Labute approximate surface area is 73.7 Å². The van der Waals surface area contributed by atoms with Crippen LogP contribution in [-0.4, -0.2) is 5.10 Å². The molecular formula is C9H6N2O2. The molecule has 13 heavy (non-hydrogen) atoms. The van der Waals surface area contributed by atoms with Gasteiger partial charge in [0.2, 0.25) is 0 Å². The van der Waals surface area contributed by atoms with Crippen LogP contribution in [0.2, 0.25) is 0 Å². The van der Waals surface area contributed by atoms with E-state index in [9.17, 15) is 10.0 Å². The van der Waals surface area contributed by atoms with E-state index in [0.29, 0.717) is 15.7 Å². The number of fused-ring (bicyclic) bond motifs is 1. The van der Waals surface area contributed by atoms with E-state index in [2.05, 4.69) is 5.10 Å². The highest BCUT2D eigenvalue weighted by atomic mass is 16.5. The number of hydrogen-bond acceptors (Lipinski definition) is 3. The van der Waals surface area contributed by atoms with Gasteiger partial charge in [0.1, 0.15) is 0 Å². The molecule has 0 aliphatic heterocycles. The third-order valence-electron chi connectivity index (χ3n) is 1.74. The molecule has 1 aromatic carbocycles. The molecule has 4 heteroatoms. The van der Waals surface area contributed by atoms with Crippen molar-refractivity contribution in [2.45, 2.75) is 0 Å². The minimum Gasteiger partial charge on any atom is -0.594 e. The van der Waals surface area contributed by atoms with E-state index < -0.39 is 5.56 Å². The molecule has 64 valence electrons. The highest BCUT2D eigenvalue weighted by Gasteiger charge is 2.01. The largest absolute Gasteiger partial charge is 0.594 e. The first-order valence-corrected chi connectivity index (χ1v) is 3.77. The van der Waals surface area contributed by atoms with Crippen LogP contribution in [0.3, 0.4) is 0 Å². The first-order valence-electron chi connectivity index (χ1n) is 3.77. The van der Waals surface area contributed by atoms with E-state index in [-0.39, 0.29) is 0 Å². The van der Waals surface area contributed by atoms with E-state index in [1.54, 1.807) is 30.3 Å². The Bertz CT molecular complexity index is 511. The normalized spacial score (nSPS) is 10.2. The molecule has 2 aromatic rings. The Morgan fingerprint density at radius 2 is 1.92 bits per heavy atom. The number of nitrogens with zero attached hydrogens (tertiary/aromatic N) is 2. The Hall–Kier alpha value is -1.97. The molecule has 0 bridgehead atoms. The molecule has 0 N–H and O–H groups in total. The molecule has 0 spiro atoms. The zero-order valence-electron chi connectivity index (χ0n) is 6.68. The summed E-state index contributed by atoms with van der Waals surface area (Å²) in [6.07, 6.45) is 0. The predicted octanol–water partition coefficient (Wildman–Crippen LogP) is 0.228. The van der Waals surface area contributed by atoms with E-state index in [1.807, 2.05) is 0 Å². The van der Waals surface area contributed by atoms with E-state index in [4.69, 9.17) is 0 Å². The van der Waals surface area contributed by atoms with Crippen LogP contribution in [0.4, 0.5) is 0 Å². The standard InChI is InChI=1S/C9H6N2O2/c12-9-6-5-7-3-1-2-4-8(7)11(13)10-9/h1-6H. The third kappa shape index (κ3) is 1.33. The van der Waals surface area contributed by atoms with Gasteiger partial charge in [0.15, 0.2) is 0 Å². The van der Waals surface area contributed by atoms with E-state index in [0.717, 1.165) is 0 Å². The Kier molecular flexibility index (Phi) is 1.66. The molecule has 0 unspecified atom stereocenters. The quantitative estimate of drug-likeness (QED) is 0.424. The number of hydrogen-bond donors (Lipinski definition) is 0. The van der Waals surface area contributed by atoms with Crippen LogP contribution in [0.1, 0.15) is 0 Å². The average molecular weight is 174 g/mol. The summed E-state index contributed by atoms with van der Waals surface area (Å²) < 4.78 is 0. The first-order chi connectivity index (χ1) is 6.27. The van der Waals surface area contributed by atoms with Gasteiger partial charge in [-0.3, -0.25) is 4.79 Å². The molecule has 0 fully saturated rings. The van der Waals surface area contributed by atoms with Gasteiger partial charge in [-0.25, -0.2) is 0 Å². The summed E-state index contributed by atoms with van der Waals surface area (Å²) in [5.41, 5.74) is -0.143. The zero-order valence-corrected chi connectivity index (χ0v) is 6.68. The maximum atomic E-state index is 11.2. The fourth-order valence-corrected chi connectivity index (χ4v) is 1.14. The summed E-state index contributed by atoms with van der Waals surface area (Å²) in [5, 5.41) is 15.2. The van der Waals surface area contributed by atoms with Crippen molar-refractivity contribution in [3.8, 4) is 0 Å². The van der Waals surface area contributed by atoms with Gasteiger partial charge in [-0.2, -0.15) is 0 Å². The minimum atomic E-state index is -0.536. The van der Waals surface area contributed by atoms with Gasteiger partial charge in [0.25, 0.3) is 5.52 Å². The monoisotopic (exact) mass is 174 g/mol. The number of aromatic nitrogens is 2. The topological polar surface area (TPSA) is 56.9 Å². The van der Waals surface area contributed by atoms with Crippen LogP contribution in [0.15, 0.2) is 41.2 Å². The lowest BCUT2D eigenvalue weighted by molar-refractivity contribution is -0.643. The number of rotatable bonds is 0. The lowest BCUT2D eigenvalue weighted by atomic mass is 10.2. The van der Waals surface area contributed by atoms with Crippen molar-refractivity contribution in [2.75, 3.05) is 0 Å². The Morgan fingerprint density at radius 3 is 2.77 bits per heavy atom. The van der Waals surface area contributed by atoms with Crippen LogP contribution in [-0.2, 0) is 0 Å². The van der Waals surface area contributed by atoms with Crippen molar-refractivity contribution in [2.24, 2.45) is 0 Å². The van der Waals surface area contributed by atoms with Gasteiger partial charge in [0.05, 0.1) is 10.5 Å². The number of para-hydroxylation sites is 1. The molecule has 0 aliphatic rings.